The number of methoxy groups -OCH3 is 1. The van der Waals surface area contributed by atoms with Gasteiger partial charge in [-0.25, -0.2) is 4.39 Å². The molecule has 1 aromatic carbocycles. The number of rotatable bonds is 2. The van der Waals surface area contributed by atoms with Crippen molar-refractivity contribution in [3.63, 3.8) is 0 Å². The molecule has 0 bridgehead atoms. The molecule has 1 aliphatic heterocycles. The minimum absolute atomic E-state index is 0.240. The van der Waals surface area contributed by atoms with Crippen LogP contribution in [-0.4, -0.2) is 25.8 Å². The Bertz CT molecular complexity index is 397. The van der Waals surface area contributed by atoms with Crippen molar-refractivity contribution in [1.82, 2.24) is 0 Å². The summed E-state index contributed by atoms with van der Waals surface area (Å²) in [5.74, 6) is -0.240. The van der Waals surface area contributed by atoms with Crippen molar-refractivity contribution in [3.8, 4) is 0 Å². The van der Waals surface area contributed by atoms with Gasteiger partial charge in [0.25, 0.3) is 0 Å². The fraction of sp³-hybridized carbons (Fsp3) is 0.538. The first-order valence-corrected chi connectivity index (χ1v) is 5.96. The molecule has 0 saturated carbocycles. The molecule has 0 aromatic heterocycles. The van der Waals surface area contributed by atoms with Crippen LogP contribution >= 0.6 is 0 Å². The van der Waals surface area contributed by atoms with Gasteiger partial charge in [-0.1, -0.05) is 0 Å². The largest absolute Gasteiger partial charge is 0.397 e. The zero-order valence-corrected chi connectivity index (χ0v) is 10.3. The van der Waals surface area contributed by atoms with E-state index in [4.69, 9.17) is 10.5 Å². The number of benzene rings is 1. The summed E-state index contributed by atoms with van der Waals surface area (Å²) in [6, 6.07) is 4.85. The topological polar surface area (TPSA) is 38.5 Å². The van der Waals surface area contributed by atoms with Crippen LogP contribution in [0, 0.1) is 5.82 Å². The van der Waals surface area contributed by atoms with Crippen LogP contribution in [0.3, 0.4) is 0 Å². The van der Waals surface area contributed by atoms with Crippen LogP contribution in [0.5, 0.6) is 0 Å². The first kappa shape index (κ1) is 12.2. The van der Waals surface area contributed by atoms with Crippen molar-refractivity contribution in [3.05, 3.63) is 24.0 Å². The standard InChI is InChI=1S/C13H19FN2O/c1-9-7-11(17-2)5-6-16(9)13-8-10(14)3-4-12(13)15/h3-4,8-9,11H,5-7,15H2,1-2H3. The van der Waals surface area contributed by atoms with E-state index in [2.05, 4.69) is 11.8 Å². The van der Waals surface area contributed by atoms with Gasteiger partial charge in [0.05, 0.1) is 17.5 Å². The lowest BCUT2D eigenvalue weighted by Crippen LogP contribution is -2.43. The lowest BCUT2D eigenvalue weighted by molar-refractivity contribution is 0.0721. The Labute approximate surface area is 101 Å². The third kappa shape index (κ3) is 2.52. The fourth-order valence-electron chi connectivity index (χ4n) is 2.47. The molecule has 2 N–H and O–H groups in total. The van der Waals surface area contributed by atoms with Crippen molar-refractivity contribution in [1.29, 1.82) is 0 Å². The molecule has 1 aromatic rings. The molecule has 1 aliphatic rings. The number of nitrogen functional groups attached to an aromatic ring is 1. The number of hydrogen-bond donors (Lipinski definition) is 1. The van der Waals surface area contributed by atoms with Gasteiger partial charge < -0.3 is 15.4 Å². The molecule has 1 fully saturated rings. The van der Waals surface area contributed by atoms with Crippen LogP contribution in [0.1, 0.15) is 19.8 Å². The van der Waals surface area contributed by atoms with Crippen LogP contribution in [0.2, 0.25) is 0 Å². The number of hydrogen-bond acceptors (Lipinski definition) is 3. The summed E-state index contributed by atoms with van der Waals surface area (Å²) in [6.45, 7) is 2.98. The predicted molar refractivity (Wildman–Crippen MR) is 67.7 cm³/mol. The minimum Gasteiger partial charge on any atom is -0.397 e. The van der Waals surface area contributed by atoms with E-state index in [-0.39, 0.29) is 5.82 Å². The van der Waals surface area contributed by atoms with E-state index in [0.29, 0.717) is 17.8 Å². The molecule has 2 rings (SSSR count). The van der Waals surface area contributed by atoms with E-state index in [1.165, 1.54) is 12.1 Å². The number of nitrogens with zero attached hydrogens (tertiary/aromatic N) is 1. The van der Waals surface area contributed by atoms with E-state index in [0.717, 1.165) is 25.1 Å². The molecule has 0 radical (unpaired) electrons. The van der Waals surface area contributed by atoms with Gasteiger partial charge in [-0.05, 0) is 38.0 Å². The average Bonchev–Trinajstić information content (AvgIpc) is 2.32. The maximum atomic E-state index is 13.3. The van der Waals surface area contributed by atoms with Crippen molar-refractivity contribution in [2.24, 2.45) is 0 Å². The Morgan fingerprint density at radius 1 is 1.47 bits per heavy atom. The molecule has 94 valence electrons. The summed E-state index contributed by atoms with van der Waals surface area (Å²) in [4.78, 5) is 2.16. The third-order valence-corrected chi connectivity index (χ3v) is 3.46. The second-order valence-electron chi connectivity index (χ2n) is 4.63. The molecule has 17 heavy (non-hydrogen) atoms. The summed E-state index contributed by atoms with van der Waals surface area (Å²) in [5.41, 5.74) is 7.34. The van der Waals surface area contributed by atoms with E-state index in [9.17, 15) is 4.39 Å². The molecular weight excluding hydrogens is 219 g/mol. The van der Waals surface area contributed by atoms with E-state index < -0.39 is 0 Å². The first-order chi connectivity index (χ1) is 8.11. The highest BCUT2D eigenvalue weighted by molar-refractivity contribution is 5.68. The Morgan fingerprint density at radius 3 is 2.88 bits per heavy atom. The van der Waals surface area contributed by atoms with Gasteiger partial charge in [0, 0.05) is 19.7 Å². The average molecular weight is 238 g/mol. The SMILES string of the molecule is COC1CCN(c2cc(F)ccc2N)C(C)C1. The van der Waals surface area contributed by atoms with E-state index >= 15 is 0 Å². The molecule has 1 saturated heterocycles. The lowest BCUT2D eigenvalue weighted by Gasteiger charge is -2.39. The molecule has 3 nitrogen and oxygen atoms in total. The second-order valence-corrected chi connectivity index (χ2v) is 4.63. The smallest absolute Gasteiger partial charge is 0.125 e. The number of ether oxygens (including phenoxy) is 1. The quantitative estimate of drug-likeness (QED) is 0.804. The fourth-order valence-corrected chi connectivity index (χ4v) is 2.47. The Kier molecular flexibility index (Phi) is 3.52. The third-order valence-electron chi connectivity index (χ3n) is 3.46. The maximum absolute atomic E-state index is 13.3. The van der Waals surface area contributed by atoms with Crippen LogP contribution in [0.4, 0.5) is 15.8 Å². The minimum atomic E-state index is -0.240. The number of nitrogens with two attached hydrogens (primary N) is 1. The maximum Gasteiger partial charge on any atom is 0.125 e. The highest BCUT2D eigenvalue weighted by Gasteiger charge is 2.26. The normalized spacial score (nSPS) is 25.0. The summed E-state index contributed by atoms with van der Waals surface area (Å²) in [5, 5.41) is 0. The van der Waals surface area contributed by atoms with E-state index in [1.807, 2.05) is 0 Å². The number of halogens is 1. The van der Waals surface area contributed by atoms with Gasteiger partial charge in [-0.15, -0.1) is 0 Å². The molecule has 4 heteroatoms. The highest BCUT2D eigenvalue weighted by atomic mass is 19.1. The number of piperidine rings is 1. The second kappa shape index (κ2) is 4.92. The van der Waals surface area contributed by atoms with Gasteiger partial charge in [-0.3, -0.25) is 0 Å². The van der Waals surface area contributed by atoms with Crippen LogP contribution < -0.4 is 10.6 Å². The summed E-state index contributed by atoms with van der Waals surface area (Å²) >= 11 is 0. The predicted octanol–water partition coefficient (Wildman–Crippen LogP) is 2.41. The van der Waals surface area contributed by atoms with Crippen molar-refractivity contribution in [2.75, 3.05) is 24.3 Å². The van der Waals surface area contributed by atoms with Crippen molar-refractivity contribution >= 4 is 11.4 Å². The van der Waals surface area contributed by atoms with Gasteiger partial charge >= 0.3 is 0 Å². The van der Waals surface area contributed by atoms with Crippen molar-refractivity contribution in [2.45, 2.75) is 31.9 Å². The first-order valence-electron chi connectivity index (χ1n) is 5.96. The molecule has 0 spiro atoms. The van der Waals surface area contributed by atoms with Crippen LogP contribution in [0.15, 0.2) is 18.2 Å². The lowest BCUT2D eigenvalue weighted by atomic mass is 9.99. The van der Waals surface area contributed by atoms with Gasteiger partial charge in [0.2, 0.25) is 0 Å². The Hall–Kier alpha value is -1.29. The molecule has 0 aliphatic carbocycles. The van der Waals surface area contributed by atoms with Crippen LogP contribution in [0.25, 0.3) is 0 Å². The highest BCUT2D eigenvalue weighted by Crippen LogP contribution is 2.30. The van der Waals surface area contributed by atoms with Crippen molar-refractivity contribution < 1.29 is 9.13 Å². The molecule has 0 amide bonds. The summed E-state index contributed by atoms with van der Waals surface area (Å²) < 4.78 is 18.6. The monoisotopic (exact) mass is 238 g/mol. The van der Waals surface area contributed by atoms with E-state index in [1.54, 1.807) is 13.2 Å². The molecule has 2 atom stereocenters. The molecule has 2 unspecified atom stereocenters. The zero-order valence-electron chi connectivity index (χ0n) is 10.3. The van der Waals surface area contributed by atoms with Gasteiger partial charge in [-0.2, -0.15) is 0 Å². The Morgan fingerprint density at radius 2 is 2.24 bits per heavy atom. The zero-order chi connectivity index (χ0) is 12.4. The van der Waals surface area contributed by atoms with Gasteiger partial charge in [0.15, 0.2) is 0 Å². The van der Waals surface area contributed by atoms with Crippen LogP contribution in [-0.2, 0) is 4.74 Å². The summed E-state index contributed by atoms with van der Waals surface area (Å²) in [6.07, 6.45) is 2.21. The molecular formula is C13H19FN2O. The number of anilines is 2. The molecule has 1 heterocycles. The Balaban J connectivity index is 2.20. The van der Waals surface area contributed by atoms with Gasteiger partial charge in [0.1, 0.15) is 5.82 Å². The summed E-state index contributed by atoms with van der Waals surface area (Å²) in [7, 11) is 1.74.